The monoisotopic (exact) mass is 312 g/mol. The zero-order valence-electron chi connectivity index (χ0n) is 12.5. The van der Waals surface area contributed by atoms with Crippen molar-refractivity contribution in [3.63, 3.8) is 0 Å². The SMILES string of the molecule is CC[C@H](C)NC(=O)[C@H](C)NC(=O)COc1ccc(Cl)cc1. The Kier molecular flexibility index (Phi) is 7.02. The van der Waals surface area contributed by atoms with Crippen molar-refractivity contribution in [2.75, 3.05) is 6.61 Å². The van der Waals surface area contributed by atoms with Crippen LogP contribution in [0.2, 0.25) is 5.02 Å². The number of hydrogen-bond acceptors (Lipinski definition) is 3. The Bertz CT molecular complexity index is 476. The van der Waals surface area contributed by atoms with Gasteiger partial charge in [-0.15, -0.1) is 0 Å². The van der Waals surface area contributed by atoms with E-state index in [0.717, 1.165) is 6.42 Å². The lowest BCUT2D eigenvalue weighted by Gasteiger charge is -2.17. The maximum atomic E-state index is 11.8. The van der Waals surface area contributed by atoms with Gasteiger partial charge in [-0.3, -0.25) is 9.59 Å². The highest BCUT2D eigenvalue weighted by Crippen LogP contribution is 2.15. The topological polar surface area (TPSA) is 67.4 Å². The van der Waals surface area contributed by atoms with E-state index >= 15 is 0 Å². The number of amides is 2. The quantitative estimate of drug-likeness (QED) is 0.810. The van der Waals surface area contributed by atoms with Gasteiger partial charge in [0, 0.05) is 11.1 Å². The Morgan fingerprint density at radius 2 is 1.81 bits per heavy atom. The summed E-state index contributed by atoms with van der Waals surface area (Å²) >= 11 is 5.75. The molecule has 0 bridgehead atoms. The largest absolute Gasteiger partial charge is 0.484 e. The maximum Gasteiger partial charge on any atom is 0.258 e. The van der Waals surface area contributed by atoms with E-state index in [1.165, 1.54) is 0 Å². The molecule has 6 heteroatoms. The van der Waals surface area contributed by atoms with Gasteiger partial charge in [-0.05, 0) is 44.5 Å². The first-order chi connectivity index (χ1) is 9.92. The Balaban J connectivity index is 2.35. The Hall–Kier alpha value is -1.75. The molecule has 2 atom stereocenters. The molecule has 2 N–H and O–H groups in total. The van der Waals surface area contributed by atoms with Gasteiger partial charge >= 0.3 is 0 Å². The van der Waals surface area contributed by atoms with Crippen LogP contribution in [0.4, 0.5) is 0 Å². The third-order valence-electron chi connectivity index (χ3n) is 2.96. The van der Waals surface area contributed by atoms with Crippen LogP contribution >= 0.6 is 11.6 Å². The van der Waals surface area contributed by atoms with Crippen molar-refractivity contribution in [1.82, 2.24) is 10.6 Å². The van der Waals surface area contributed by atoms with Gasteiger partial charge in [0.15, 0.2) is 6.61 Å². The minimum atomic E-state index is -0.597. The van der Waals surface area contributed by atoms with Crippen molar-refractivity contribution in [2.24, 2.45) is 0 Å². The summed E-state index contributed by atoms with van der Waals surface area (Å²) in [5, 5.41) is 5.99. The Labute approximate surface area is 130 Å². The molecule has 116 valence electrons. The first kappa shape index (κ1) is 17.3. The Morgan fingerprint density at radius 3 is 2.38 bits per heavy atom. The van der Waals surface area contributed by atoms with E-state index < -0.39 is 6.04 Å². The summed E-state index contributed by atoms with van der Waals surface area (Å²) in [6.45, 7) is 5.38. The van der Waals surface area contributed by atoms with Crippen molar-refractivity contribution in [1.29, 1.82) is 0 Å². The van der Waals surface area contributed by atoms with Crippen molar-refractivity contribution < 1.29 is 14.3 Å². The molecule has 21 heavy (non-hydrogen) atoms. The van der Waals surface area contributed by atoms with Crippen LogP contribution in [0, 0.1) is 0 Å². The molecule has 0 spiro atoms. The van der Waals surface area contributed by atoms with Gasteiger partial charge in [-0.1, -0.05) is 18.5 Å². The molecule has 5 nitrogen and oxygen atoms in total. The third-order valence-corrected chi connectivity index (χ3v) is 3.21. The molecule has 2 amide bonds. The molecule has 0 aliphatic heterocycles. The lowest BCUT2D eigenvalue weighted by atomic mass is 10.2. The van der Waals surface area contributed by atoms with E-state index in [1.807, 2.05) is 13.8 Å². The van der Waals surface area contributed by atoms with E-state index in [0.29, 0.717) is 10.8 Å². The molecule has 0 unspecified atom stereocenters. The maximum absolute atomic E-state index is 11.8. The van der Waals surface area contributed by atoms with Crippen LogP contribution in [0.3, 0.4) is 0 Å². The van der Waals surface area contributed by atoms with Crippen molar-refractivity contribution >= 4 is 23.4 Å². The second kappa shape index (κ2) is 8.52. The van der Waals surface area contributed by atoms with E-state index in [4.69, 9.17) is 16.3 Å². The van der Waals surface area contributed by atoms with Crippen LogP contribution in [0.5, 0.6) is 5.75 Å². The van der Waals surface area contributed by atoms with Gasteiger partial charge in [0.2, 0.25) is 5.91 Å². The second-order valence-electron chi connectivity index (χ2n) is 4.85. The second-order valence-corrected chi connectivity index (χ2v) is 5.29. The predicted octanol–water partition coefficient (Wildman–Crippen LogP) is 2.14. The number of nitrogens with one attached hydrogen (secondary N) is 2. The summed E-state index contributed by atoms with van der Waals surface area (Å²) in [4.78, 5) is 23.5. The predicted molar refractivity (Wildman–Crippen MR) is 82.4 cm³/mol. The minimum absolute atomic E-state index is 0.0853. The Morgan fingerprint density at radius 1 is 1.19 bits per heavy atom. The fourth-order valence-electron chi connectivity index (χ4n) is 1.50. The molecular weight excluding hydrogens is 292 g/mol. The molecule has 0 saturated carbocycles. The van der Waals surface area contributed by atoms with Crippen molar-refractivity contribution in [2.45, 2.75) is 39.3 Å². The van der Waals surface area contributed by atoms with Gasteiger partial charge in [0.1, 0.15) is 11.8 Å². The minimum Gasteiger partial charge on any atom is -0.484 e. The number of ether oxygens (including phenoxy) is 1. The smallest absolute Gasteiger partial charge is 0.258 e. The summed E-state index contributed by atoms with van der Waals surface area (Å²) in [5.41, 5.74) is 0. The van der Waals surface area contributed by atoms with Gasteiger partial charge in [0.25, 0.3) is 5.91 Å². The molecule has 1 rings (SSSR count). The van der Waals surface area contributed by atoms with Gasteiger partial charge < -0.3 is 15.4 Å². The zero-order chi connectivity index (χ0) is 15.8. The molecule has 0 aliphatic rings. The molecule has 0 fully saturated rings. The van der Waals surface area contributed by atoms with Crippen LogP contribution in [-0.4, -0.2) is 30.5 Å². The molecule has 0 saturated heterocycles. The summed E-state index contributed by atoms with van der Waals surface area (Å²) in [6, 6.07) is 6.19. The molecule has 0 aliphatic carbocycles. The lowest BCUT2D eigenvalue weighted by Crippen LogP contribution is -2.48. The van der Waals surface area contributed by atoms with Gasteiger partial charge in [0.05, 0.1) is 0 Å². The van der Waals surface area contributed by atoms with Crippen LogP contribution in [0.15, 0.2) is 24.3 Å². The number of halogens is 1. The summed E-state index contributed by atoms with van der Waals surface area (Å²) < 4.78 is 5.30. The number of benzene rings is 1. The highest BCUT2D eigenvalue weighted by atomic mass is 35.5. The van der Waals surface area contributed by atoms with Crippen molar-refractivity contribution in [3.8, 4) is 5.75 Å². The average Bonchev–Trinajstić information content (AvgIpc) is 2.46. The number of hydrogen-bond donors (Lipinski definition) is 2. The van der Waals surface area contributed by atoms with Crippen LogP contribution in [0.1, 0.15) is 27.2 Å². The average molecular weight is 313 g/mol. The van der Waals surface area contributed by atoms with E-state index in [1.54, 1.807) is 31.2 Å². The molecule has 1 aromatic carbocycles. The standard InChI is InChI=1S/C15H21ClN2O3/c1-4-10(2)17-15(20)11(3)18-14(19)9-21-13-7-5-12(16)6-8-13/h5-8,10-11H,4,9H2,1-3H3,(H,17,20)(H,18,19)/t10-,11-/m0/s1. The van der Waals surface area contributed by atoms with E-state index in [-0.39, 0.29) is 24.5 Å². The number of rotatable bonds is 7. The van der Waals surface area contributed by atoms with Gasteiger partial charge in [-0.2, -0.15) is 0 Å². The first-order valence-corrected chi connectivity index (χ1v) is 7.28. The van der Waals surface area contributed by atoms with Crippen LogP contribution in [-0.2, 0) is 9.59 Å². The molecule has 0 radical (unpaired) electrons. The normalized spacial score (nSPS) is 13.1. The van der Waals surface area contributed by atoms with Crippen molar-refractivity contribution in [3.05, 3.63) is 29.3 Å². The van der Waals surface area contributed by atoms with Crippen LogP contribution in [0.25, 0.3) is 0 Å². The van der Waals surface area contributed by atoms with E-state index in [9.17, 15) is 9.59 Å². The lowest BCUT2D eigenvalue weighted by molar-refractivity contribution is -0.129. The third kappa shape index (κ3) is 6.49. The summed E-state index contributed by atoms with van der Waals surface area (Å²) in [7, 11) is 0. The van der Waals surface area contributed by atoms with Gasteiger partial charge in [-0.25, -0.2) is 0 Å². The molecule has 0 heterocycles. The number of carbonyl (C=O) groups excluding carboxylic acids is 2. The number of carbonyl (C=O) groups is 2. The van der Waals surface area contributed by atoms with Crippen LogP contribution < -0.4 is 15.4 Å². The zero-order valence-corrected chi connectivity index (χ0v) is 13.2. The summed E-state index contributed by atoms with van der Waals surface area (Å²) in [5.74, 6) is -0.00722. The fourth-order valence-corrected chi connectivity index (χ4v) is 1.62. The fraction of sp³-hybridized carbons (Fsp3) is 0.467. The molecular formula is C15H21ClN2O3. The van der Waals surface area contributed by atoms with E-state index in [2.05, 4.69) is 10.6 Å². The first-order valence-electron chi connectivity index (χ1n) is 6.90. The highest BCUT2D eigenvalue weighted by Gasteiger charge is 2.16. The summed E-state index contributed by atoms with van der Waals surface area (Å²) in [6.07, 6.45) is 0.839. The molecule has 1 aromatic rings. The molecule has 0 aromatic heterocycles. The highest BCUT2D eigenvalue weighted by molar-refractivity contribution is 6.30.